The molecule has 18 heavy (non-hydrogen) atoms. The van der Waals surface area contributed by atoms with Crippen LogP contribution in [0.3, 0.4) is 0 Å². The van der Waals surface area contributed by atoms with Crippen molar-refractivity contribution in [1.82, 2.24) is 9.97 Å². The summed E-state index contributed by atoms with van der Waals surface area (Å²) < 4.78 is 0. The number of nitrogens with zero attached hydrogens (tertiary/aromatic N) is 2. The van der Waals surface area contributed by atoms with Gasteiger partial charge in [-0.15, -0.1) is 0 Å². The molecule has 94 valence electrons. The van der Waals surface area contributed by atoms with Gasteiger partial charge < -0.3 is 0 Å². The van der Waals surface area contributed by atoms with Gasteiger partial charge in [-0.2, -0.15) is 0 Å². The Labute approximate surface area is 109 Å². The molecule has 0 fully saturated rings. The first-order chi connectivity index (χ1) is 8.53. The molecule has 2 rings (SSSR count). The van der Waals surface area contributed by atoms with E-state index in [1.807, 2.05) is 24.4 Å². The van der Waals surface area contributed by atoms with Crippen molar-refractivity contribution >= 4 is 0 Å². The van der Waals surface area contributed by atoms with Crippen LogP contribution >= 0.6 is 0 Å². The maximum atomic E-state index is 4.71. The van der Waals surface area contributed by atoms with Gasteiger partial charge in [0.15, 0.2) is 0 Å². The average Bonchev–Trinajstić information content (AvgIpc) is 2.28. The van der Waals surface area contributed by atoms with Crippen LogP contribution in [-0.4, -0.2) is 9.97 Å². The topological polar surface area (TPSA) is 25.8 Å². The second kappa shape index (κ2) is 5.30. The number of rotatable bonds is 3. The fourth-order valence-corrected chi connectivity index (χ4v) is 1.96. The zero-order chi connectivity index (χ0) is 13.0. The van der Waals surface area contributed by atoms with Crippen molar-refractivity contribution in [3.63, 3.8) is 0 Å². The first-order valence-electron chi connectivity index (χ1n) is 6.38. The molecule has 0 N–H and O–H groups in total. The lowest BCUT2D eigenvalue weighted by Gasteiger charge is -2.17. The SMILES string of the molecule is CC(C)(C)Cc1cccc(Cc2ccccn2)n1. The lowest BCUT2D eigenvalue weighted by Crippen LogP contribution is -2.11. The van der Waals surface area contributed by atoms with Crippen molar-refractivity contribution in [3.8, 4) is 0 Å². The lowest BCUT2D eigenvalue weighted by atomic mass is 9.90. The number of hydrogen-bond acceptors (Lipinski definition) is 2. The molecular weight excluding hydrogens is 220 g/mol. The minimum Gasteiger partial charge on any atom is -0.261 e. The molecule has 0 unspecified atom stereocenters. The Morgan fingerprint density at radius 2 is 1.61 bits per heavy atom. The molecular formula is C16H20N2. The highest BCUT2D eigenvalue weighted by molar-refractivity contribution is 5.18. The minimum absolute atomic E-state index is 0.274. The van der Waals surface area contributed by atoms with Crippen LogP contribution in [0.1, 0.15) is 37.9 Å². The summed E-state index contributed by atoms with van der Waals surface area (Å²) in [4.78, 5) is 9.05. The number of pyridine rings is 2. The molecule has 0 bridgehead atoms. The minimum atomic E-state index is 0.274. The third-order valence-electron chi connectivity index (χ3n) is 2.66. The molecule has 2 heterocycles. The van der Waals surface area contributed by atoms with Crippen molar-refractivity contribution in [1.29, 1.82) is 0 Å². The van der Waals surface area contributed by atoms with E-state index in [-0.39, 0.29) is 5.41 Å². The van der Waals surface area contributed by atoms with E-state index in [0.29, 0.717) is 0 Å². The highest BCUT2D eigenvalue weighted by Crippen LogP contribution is 2.19. The van der Waals surface area contributed by atoms with Crippen molar-refractivity contribution in [2.45, 2.75) is 33.6 Å². The summed E-state index contributed by atoms with van der Waals surface area (Å²) in [5.41, 5.74) is 3.60. The lowest BCUT2D eigenvalue weighted by molar-refractivity contribution is 0.406. The molecule has 0 atom stereocenters. The third-order valence-corrected chi connectivity index (χ3v) is 2.66. The van der Waals surface area contributed by atoms with Gasteiger partial charge in [-0.3, -0.25) is 9.97 Å². The summed E-state index contributed by atoms with van der Waals surface area (Å²) in [7, 11) is 0. The fraction of sp³-hybridized carbons (Fsp3) is 0.375. The van der Waals surface area contributed by atoms with Crippen LogP contribution in [0, 0.1) is 5.41 Å². The molecule has 0 aromatic carbocycles. The van der Waals surface area contributed by atoms with Crippen LogP contribution in [0.15, 0.2) is 42.6 Å². The van der Waals surface area contributed by atoms with Gasteiger partial charge in [-0.1, -0.05) is 32.9 Å². The van der Waals surface area contributed by atoms with E-state index in [4.69, 9.17) is 4.98 Å². The molecule has 0 aliphatic rings. The summed E-state index contributed by atoms with van der Waals surface area (Å²) in [6.07, 6.45) is 3.64. The number of hydrogen-bond donors (Lipinski definition) is 0. The molecule has 0 aliphatic heterocycles. The highest BCUT2D eigenvalue weighted by Gasteiger charge is 2.12. The van der Waals surface area contributed by atoms with Gasteiger partial charge in [0, 0.05) is 29.7 Å². The molecule has 0 spiro atoms. The van der Waals surface area contributed by atoms with Crippen LogP contribution in [0.25, 0.3) is 0 Å². The van der Waals surface area contributed by atoms with E-state index in [0.717, 1.165) is 29.9 Å². The van der Waals surface area contributed by atoms with Crippen LogP contribution < -0.4 is 0 Å². The quantitative estimate of drug-likeness (QED) is 0.818. The highest BCUT2D eigenvalue weighted by atomic mass is 14.7. The normalized spacial score (nSPS) is 11.5. The third kappa shape index (κ3) is 3.95. The smallest absolute Gasteiger partial charge is 0.0466 e. The van der Waals surface area contributed by atoms with Gasteiger partial charge in [0.25, 0.3) is 0 Å². The molecule has 0 saturated carbocycles. The monoisotopic (exact) mass is 240 g/mol. The van der Waals surface area contributed by atoms with Gasteiger partial charge in [-0.25, -0.2) is 0 Å². The summed E-state index contributed by atoms with van der Waals surface area (Å²) in [5, 5.41) is 0. The zero-order valence-corrected chi connectivity index (χ0v) is 11.4. The Hall–Kier alpha value is -1.70. The molecule has 2 nitrogen and oxygen atoms in total. The van der Waals surface area contributed by atoms with Crippen molar-refractivity contribution < 1.29 is 0 Å². The second-order valence-corrected chi connectivity index (χ2v) is 5.86. The molecule has 0 amide bonds. The Morgan fingerprint density at radius 1 is 0.889 bits per heavy atom. The maximum absolute atomic E-state index is 4.71. The van der Waals surface area contributed by atoms with Crippen molar-refractivity contribution in [3.05, 3.63) is 59.7 Å². The molecule has 2 aromatic heterocycles. The molecule has 0 aliphatic carbocycles. The average molecular weight is 240 g/mol. The van der Waals surface area contributed by atoms with Crippen LogP contribution in [-0.2, 0) is 12.8 Å². The summed E-state index contributed by atoms with van der Waals surface area (Å²) in [6.45, 7) is 6.71. The fourth-order valence-electron chi connectivity index (χ4n) is 1.96. The maximum Gasteiger partial charge on any atom is 0.0466 e. The summed E-state index contributed by atoms with van der Waals surface area (Å²) in [5.74, 6) is 0. The predicted molar refractivity (Wildman–Crippen MR) is 74.4 cm³/mol. The van der Waals surface area contributed by atoms with Gasteiger partial charge in [0.05, 0.1) is 0 Å². The molecule has 0 saturated heterocycles. The van der Waals surface area contributed by atoms with Gasteiger partial charge in [0.2, 0.25) is 0 Å². The van der Waals surface area contributed by atoms with Crippen molar-refractivity contribution in [2.24, 2.45) is 5.41 Å². The van der Waals surface area contributed by atoms with Crippen LogP contribution in [0.2, 0.25) is 0 Å². The summed E-state index contributed by atoms with van der Waals surface area (Å²) >= 11 is 0. The van der Waals surface area contributed by atoms with E-state index in [1.165, 1.54) is 0 Å². The first-order valence-corrected chi connectivity index (χ1v) is 6.38. The van der Waals surface area contributed by atoms with Crippen molar-refractivity contribution in [2.75, 3.05) is 0 Å². The zero-order valence-electron chi connectivity index (χ0n) is 11.4. The predicted octanol–water partition coefficient (Wildman–Crippen LogP) is 3.66. The van der Waals surface area contributed by atoms with Crippen LogP contribution in [0.5, 0.6) is 0 Å². The summed E-state index contributed by atoms with van der Waals surface area (Å²) in [6, 6.07) is 12.3. The van der Waals surface area contributed by atoms with Crippen LogP contribution in [0.4, 0.5) is 0 Å². The van der Waals surface area contributed by atoms with Gasteiger partial charge in [-0.05, 0) is 36.1 Å². The molecule has 0 radical (unpaired) electrons. The Kier molecular flexibility index (Phi) is 3.75. The largest absolute Gasteiger partial charge is 0.261 e. The van der Waals surface area contributed by atoms with E-state index >= 15 is 0 Å². The Morgan fingerprint density at radius 3 is 2.28 bits per heavy atom. The van der Waals surface area contributed by atoms with Gasteiger partial charge >= 0.3 is 0 Å². The Balaban J connectivity index is 2.13. The number of aromatic nitrogens is 2. The van der Waals surface area contributed by atoms with Gasteiger partial charge in [0.1, 0.15) is 0 Å². The van der Waals surface area contributed by atoms with E-state index in [9.17, 15) is 0 Å². The van der Waals surface area contributed by atoms with E-state index in [2.05, 4.69) is 44.0 Å². The second-order valence-electron chi connectivity index (χ2n) is 5.86. The first kappa shape index (κ1) is 12.7. The standard InChI is InChI=1S/C16H20N2/c1-16(2,3)12-15-9-6-8-14(18-15)11-13-7-4-5-10-17-13/h4-10H,11-12H2,1-3H3. The molecule has 2 heteroatoms. The molecule has 2 aromatic rings. The Bertz CT molecular complexity index is 498. The van der Waals surface area contributed by atoms with E-state index in [1.54, 1.807) is 0 Å². The van der Waals surface area contributed by atoms with E-state index < -0.39 is 0 Å².